The van der Waals surface area contributed by atoms with Crippen LogP contribution in [0.15, 0.2) is 91.0 Å². The third-order valence-electron chi connectivity index (χ3n) is 3.04. The van der Waals surface area contributed by atoms with Crippen molar-refractivity contribution in [2.24, 2.45) is 0 Å². The van der Waals surface area contributed by atoms with Gasteiger partial charge in [0, 0.05) is 37.7 Å². The van der Waals surface area contributed by atoms with Gasteiger partial charge in [0.2, 0.25) is 0 Å². The van der Waals surface area contributed by atoms with Crippen LogP contribution in [-0.2, 0) is 0 Å². The third kappa shape index (κ3) is 3.71. The van der Waals surface area contributed by atoms with E-state index in [1.54, 1.807) is 0 Å². The van der Waals surface area contributed by atoms with Crippen molar-refractivity contribution in [2.75, 3.05) is 0 Å². The molecule has 3 rings (SSSR count). The molecule has 0 atom stereocenters. The third-order valence-corrected chi connectivity index (χ3v) is 5.49. The predicted molar refractivity (Wildman–Crippen MR) is 85.1 cm³/mol. The molecule has 20 heavy (non-hydrogen) atoms. The first-order valence-corrected chi connectivity index (χ1v) is 7.74. The van der Waals surface area contributed by atoms with Gasteiger partial charge in [0.25, 0.3) is 0 Å². The smallest absolute Gasteiger partial charge is 0 e. The Hall–Kier alpha value is -0.650. The van der Waals surface area contributed by atoms with Gasteiger partial charge in [0.1, 0.15) is 0 Å². The SMILES string of the molecule is [Ar].c1ccc(P(c2ccccc2)c2ccccc2)cc1. The summed E-state index contributed by atoms with van der Waals surface area (Å²) in [7, 11) is -0.446. The molecule has 0 unspecified atom stereocenters. The molecule has 0 radical (unpaired) electrons. The minimum absolute atomic E-state index is 0. The summed E-state index contributed by atoms with van der Waals surface area (Å²) in [5, 5.41) is 4.19. The predicted octanol–water partition coefficient (Wildman–Crippen LogP) is 3.44. The molecule has 2 heteroatoms. The molecule has 0 fully saturated rings. The van der Waals surface area contributed by atoms with Crippen LogP contribution >= 0.6 is 7.92 Å². The van der Waals surface area contributed by atoms with Crippen LogP contribution < -0.4 is 15.9 Å². The molecule has 0 aliphatic carbocycles. The van der Waals surface area contributed by atoms with Crippen molar-refractivity contribution in [3.05, 3.63) is 91.0 Å². The molecule has 0 spiro atoms. The second-order valence-electron chi connectivity index (χ2n) is 4.34. The first-order valence-electron chi connectivity index (χ1n) is 6.40. The van der Waals surface area contributed by atoms with Gasteiger partial charge in [-0.2, -0.15) is 0 Å². The van der Waals surface area contributed by atoms with E-state index in [0.29, 0.717) is 0 Å². The first kappa shape index (κ1) is 15.7. The zero-order chi connectivity index (χ0) is 12.9. The summed E-state index contributed by atoms with van der Waals surface area (Å²) in [6.45, 7) is 0. The molecule has 0 saturated carbocycles. The van der Waals surface area contributed by atoms with Gasteiger partial charge in [-0.25, -0.2) is 0 Å². The molecule has 100 valence electrons. The quantitative estimate of drug-likeness (QED) is 0.650. The van der Waals surface area contributed by atoms with Crippen LogP contribution in [0.3, 0.4) is 0 Å². The van der Waals surface area contributed by atoms with Crippen LogP contribution in [0.4, 0.5) is 0 Å². The molecule has 0 aromatic heterocycles. The van der Waals surface area contributed by atoms with Gasteiger partial charge >= 0.3 is 0 Å². The Balaban J connectivity index is 0.00000147. The van der Waals surface area contributed by atoms with E-state index in [1.807, 2.05) is 0 Å². The molecule has 0 aliphatic heterocycles. The molecule has 0 amide bonds. The number of rotatable bonds is 3. The van der Waals surface area contributed by atoms with E-state index in [0.717, 1.165) is 0 Å². The molecular weight excluding hydrogens is 287 g/mol. The van der Waals surface area contributed by atoms with Gasteiger partial charge in [-0.1, -0.05) is 91.0 Å². The normalized spacial score (nSPS) is 10.1. The summed E-state index contributed by atoms with van der Waals surface area (Å²) in [5.74, 6) is 0. The van der Waals surface area contributed by atoms with Crippen molar-refractivity contribution in [1.29, 1.82) is 0 Å². The summed E-state index contributed by atoms with van der Waals surface area (Å²) in [6, 6.07) is 32.3. The number of hydrogen-bond donors (Lipinski definition) is 0. The van der Waals surface area contributed by atoms with Crippen LogP contribution in [-0.4, -0.2) is 0 Å². The van der Waals surface area contributed by atoms with E-state index in [4.69, 9.17) is 0 Å². The van der Waals surface area contributed by atoms with Crippen LogP contribution in [0.2, 0.25) is 0 Å². The fourth-order valence-corrected chi connectivity index (χ4v) is 4.48. The largest absolute Gasteiger partial charge is 0.0622 e. The maximum Gasteiger partial charge on any atom is 0 e. The molecule has 3 aromatic carbocycles. The van der Waals surface area contributed by atoms with E-state index in [2.05, 4.69) is 91.0 Å². The van der Waals surface area contributed by atoms with Crippen LogP contribution in [0.1, 0.15) is 0 Å². The van der Waals surface area contributed by atoms with Crippen LogP contribution in [0, 0.1) is 37.7 Å². The Kier molecular flexibility index (Phi) is 6.26. The van der Waals surface area contributed by atoms with Gasteiger partial charge in [-0.15, -0.1) is 0 Å². The van der Waals surface area contributed by atoms with Crippen molar-refractivity contribution in [1.82, 2.24) is 0 Å². The minimum atomic E-state index is -0.446. The molecule has 0 saturated heterocycles. The van der Waals surface area contributed by atoms with Crippen molar-refractivity contribution in [3.63, 3.8) is 0 Å². The average Bonchev–Trinajstić information content (AvgIpc) is 2.51. The summed E-state index contributed by atoms with van der Waals surface area (Å²) >= 11 is 0. The Bertz CT molecular complexity index is 529. The summed E-state index contributed by atoms with van der Waals surface area (Å²) < 4.78 is 0. The van der Waals surface area contributed by atoms with E-state index in [1.165, 1.54) is 15.9 Å². The molecular formula is C18H15ArP. The molecule has 0 aliphatic rings. The fraction of sp³-hybridized carbons (Fsp3) is 0. The number of benzene rings is 3. The second-order valence-corrected chi connectivity index (χ2v) is 6.56. The number of hydrogen-bond acceptors (Lipinski definition) is 0. The standard InChI is InChI=1S/C18H15P.Ar/c1-4-10-16(11-5-1)19(17-12-6-2-7-13-17)18-14-8-3-9-15-18;/h1-15H;. The van der Waals surface area contributed by atoms with E-state index < -0.39 is 7.92 Å². The summed E-state index contributed by atoms with van der Waals surface area (Å²) in [6.07, 6.45) is 0. The summed E-state index contributed by atoms with van der Waals surface area (Å²) in [4.78, 5) is 0. The zero-order valence-corrected chi connectivity index (χ0v) is 12.6. The minimum Gasteiger partial charge on any atom is -0.0622 e. The Labute approximate surface area is 151 Å². The zero-order valence-electron chi connectivity index (χ0n) is 11.0. The molecule has 0 nitrogen and oxygen atoms in total. The van der Waals surface area contributed by atoms with Crippen LogP contribution in [0.25, 0.3) is 0 Å². The fourth-order valence-electron chi connectivity index (χ4n) is 2.18. The monoisotopic (exact) mass is 302 g/mol. The maximum atomic E-state index is 2.23. The summed E-state index contributed by atoms with van der Waals surface area (Å²) in [5.41, 5.74) is 0. The van der Waals surface area contributed by atoms with Gasteiger partial charge in [-0.3, -0.25) is 0 Å². The van der Waals surface area contributed by atoms with E-state index >= 15 is 0 Å². The van der Waals surface area contributed by atoms with Gasteiger partial charge < -0.3 is 0 Å². The van der Waals surface area contributed by atoms with Crippen molar-refractivity contribution < 1.29 is 37.7 Å². The molecule has 0 N–H and O–H groups in total. The second kappa shape index (κ2) is 7.96. The molecule has 0 heterocycles. The first-order chi connectivity index (χ1) is 9.45. The Morgan fingerprint density at radius 2 is 0.650 bits per heavy atom. The van der Waals surface area contributed by atoms with Gasteiger partial charge in [-0.05, 0) is 23.8 Å². The van der Waals surface area contributed by atoms with Gasteiger partial charge in [0.15, 0.2) is 0 Å². The van der Waals surface area contributed by atoms with Gasteiger partial charge in [0.05, 0.1) is 0 Å². The van der Waals surface area contributed by atoms with Crippen molar-refractivity contribution in [2.45, 2.75) is 0 Å². The maximum absolute atomic E-state index is 2.23. The average molecular weight is 302 g/mol. The topological polar surface area (TPSA) is 0 Å². The molecule has 3 aromatic rings. The van der Waals surface area contributed by atoms with Crippen molar-refractivity contribution >= 4 is 23.8 Å². The molecule has 0 bridgehead atoms. The van der Waals surface area contributed by atoms with E-state index in [-0.39, 0.29) is 37.7 Å². The Morgan fingerprint density at radius 1 is 0.400 bits per heavy atom. The van der Waals surface area contributed by atoms with Crippen LogP contribution in [0.5, 0.6) is 0 Å². The van der Waals surface area contributed by atoms with E-state index in [9.17, 15) is 0 Å². The van der Waals surface area contributed by atoms with Crippen molar-refractivity contribution in [3.8, 4) is 0 Å². The Morgan fingerprint density at radius 3 is 0.900 bits per heavy atom.